The van der Waals surface area contributed by atoms with Crippen molar-refractivity contribution < 1.29 is 4.79 Å². The number of carbonyl (C=O) groups is 1. The molecule has 0 aliphatic carbocycles. The van der Waals surface area contributed by atoms with Gasteiger partial charge in [-0.3, -0.25) is 14.2 Å². The van der Waals surface area contributed by atoms with Crippen LogP contribution in [-0.4, -0.2) is 25.5 Å². The van der Waals surface area contributed by atoms with E-state index in [2.05, 4.69) is 15.5 Å². The standard InChI is InChI=1S/C14H18N6O/c1-3-19-10-12(11(2)17-19)4-5-14(21)16-13-6-8-20(18-13)9-7-15/h6,8,10H,3-5,9H2,1-2H3,(H,16,18,21). The number of nitrogens with zero attached hydrogens (tertiary/aromatic N) is 5. The lowest BCUT2D eigenvalue weighted by Gasteiger charge is -2.01. The van der Waals surface area contributed by atoms with Crippen LogP contribution in [0.1, 0.15) is 24.6 Å². The molecular weight excluding hydrogens is 268 g/mol. The van der Waals surface area contributed by atoms with Gasteiger partial charge in [-0.05, 0) is 25.8 Å². The zero-order chi connectivity index (χ0) is 15.2. The Morgan fingerprint density at radius 2 is 2.24 bits per heavy atom. The molecule has 7 heteroatoms. The minimum Gasteiger partial charge on any atom is -0.309 e. The molecule has 0 unspecified atom stereocenters. The minimum atomic E-state index is -0.0964. The summed E-state index contributed by atoms with van der Waals surface area (Å²) in [4.78, 5) is 11.9. The smallest absolute Gasteiger partial charge is 0.225 e. The Balaban J connectivity index is 1.86. The van der Waals surface area contributed by atoms with Gasteiger partial charge in [0.15, 0.2) is 5.82 Å². The van der Waals surface area contributed by atoms with Crippen LogP contribution in [0.3, 0.4) is 0 Å². The summed E-state index contributed by atoms with van der Waals surface area (Å²) in [5, 5.41) is 19.7. The molecule has 2 rings (SSSR count). The third-order valence-electron chi connectivity index (χ3n) is 3.13. The lowest BCUT2D eigenvalue weighted by Crippen LogP contribution is -2.13. The van der Waals surface area contributed by atoms with Crippen LogP contribution in [0.15, 0.2) is 18.5 Å². The molecule has 7 nitrogen and oxygen atoms in total. The zero-order valence-corrected chi connectivity index (χ0v) is 12.2. The van der Waals surface area contributed by atoms with Gasteiger partial charge in [0.05, 0.1) is 11.8 Å². The summed E-state index contributed by atoms with van der Waals surface area (Å²) in [5.41, 5.74) is 2.05. The number of carbonyl (C=O) groups excluding carboxylic acids is 1. The van der Waals surface area contributed by atoms with Crippen LogP contribution >= 0.6 is 0 Å². The molecule has 0 atom stereocenters. The van der Waals surface area contributed by atoms with Crippen molar-refractivity contribution in [2.45, 2.75) is 39.8 Å². The van der Waals surface area contributed by atoms with Gasteiger partial charge in [0, 0.05) is 31.4 Å². The fourth-order valence-electron chi connectivity index (χ4n) is 2.01. The van der Waals surface area contributed by atoms with Crippen molar-refractivity contribution in [2.24, 2.45) is 0 Å². The maximum Gasteiger partial charge on any atom is 0.225 e. The average molecular weight is 286 g/mol. The molecule has 0 aliphatic heterocycles. The van der Waals surface area contributed by atoms with E-state index in [1.165, 1.54) is 4.68 Å². The van der Waals surface area contributed by atoms with Crippen molar-refractivity contribution in [3.63, 3.8) is 0 Å². The normalized spacial score (nSPS) is 10.3. The van der Waals surface area contributed by atoms with Gasteiger partial charge in [-0.2, -0.15) is 15.5 Å². The zero-order valence-electron chi connectivity index (χ0n) is 12.2. The topological polar surface area (TPSA) is 88.5 Å². The van der Waals surface area contributed by atoms with Crippen LogP contribution in [0.2, 0.25) is 0 Å². The molecule has 0 saturated heterocycles. The molecule has 2 aromatic rings. The predicted octanol–water partition coefficient (Wildman–Crippen LogP) is 1.50. The van der Waals surface area contributed by atoms with Gasteiger partial charge < -0.3 is 5.32 Å². The first-order chi connectivity index (χ1) is 10.1. The number of aromatic nitrogens is 4. The molecule has 0 fully saturated rings. The summed E-state index contributed by atoms with van der Waals surface area (Å²) >= 11 is 0. The Bertz CT molecular complexity index is 663. The predicted molar refractivity (Wildman–Crippen MR) is 77.4 cm³/mol. The Labute approximate surface area is 123 Å². The van der Waals surface area contributed by atoms with Gasteiger partial charge in [-0.1, -0.05) is 0 Å². The number of anilines is 1. The highest BCUT2D eigenvalue weighted by atomic mass is 16.1. The van der Waals surface area contributed by atoms with E-state index in [1.807, 2.05) is 30.8 Å². The molecule has 0 saturated carbocycles. The van der Waals surface area contributed by atoms with Crippen LogP contribution in [0, 0.1) is 18.3 Å². The maximum absolute atomic E-state index is 11.9. The molecular formula is C14H18N6O. The quantitative estimate of drug-likeness (QED) is 0.871. The van der Waals surface area contributed by atoms with Crippen molar-refractivity contribution in [1.29, 1.82) is 5.26 Å². The summed E-state index contributed by atoms with van der Waals surface area (Å²) < 4.78 is 3.34. The molecule has 0 radical (unpaired) electrons. The van der Waals surface area contributed by atoms with Gasteiger partial charge in [0.2, 0.25) is 5.91 Å². The van der Waals surface area contributed by atoms with Gasteiger partial charge in [-0.15, -0.1) is 0 Å². The van der Waals surface area contributed by atoms with Crippen molar-refractivity contribution >= 4 is 11.7 Å². The second-order valence-corrected chi connectivity index (χ2v) is 4.70. The molecule has 0 bridgehead atoms. The van der Waals surface area contributed by atoms with E-state index in [4.69, 9.17) is 5.26 Å². The van der Waals surface area contributed by atoms with E-state index >= 15 is 0 Å². The number of amides is 1. The maximum atomic E-state index is 11.9. The first-order valence-electron chi connectivity index (χ1n) is 6.85. The molecule has 110 valence electrons. The first kappa shape index (κ1) is 14.8. The van der Waals surface area contributed by atoms with E-state index in [0.717, 1.165) is 17.8 Å². The molecule has 1 amide bonds. The minimum absolute atomic E-state index is 0.0964. The highest BCUT2D eigenvalue weighted by Gasteiger charge is 2.09. The highest BCUT2D eigenvalue weighted by Crippen LogP contribution is 2.10. The van der Waals surface area contributed by atoms with Crippen molar-refractivity contribution in [1.82, 2.24) is 19.6 Å². The van der Waals surface area contributed by atoms with Gasteiger partial charge in [0.25, 0.3) is 0 Å². The summed E-state index contributed by atoms with van der Waals surface area (Å²) in [6.07, 6.45) is 4.66. The van der Waals surface area contributed by atoms with Crippen LogP contribution < -0.4 is 5.32 Å². The Kier molecular flexibility index (Phi) is 4.72. The number of nitriles is 1. The van der Waals surface area contributed by atoms with Crippen LogP contribution in [-0.2, 0) is 24.3 Å². The fraction of sp³-hybridized carbons (Fsp3) is 0.429. The average Bonchev–Trinajstić information content (AvgIpc) is 3.04. The van der Waals surface area contributed by atoms with E-state index in [-0.39, 0.29) is 12.5 Å². The van der Waals surface area contributed by atoms with E-state index in [9.17, 15) is 4.79 Å². The summed E-state index contributed by atoms with van der Waals surface area (Å²) in [5.74, 6) is 0.372. The fourth-order valence-corrected chi connectivity index (χ4v) is 2.01. The van der Waals surface area contributed by atoms with Gasteiger partial charge in [-0.25, -0.2) is 0 Å². The van der Waals surface area contributed by atoms with E-state index in [1.54, 1.807) is 12.3 Å². The van der Waals surface area contributed by atoms with E-state index in [0.29, 0.717) is 18.7 Å². The van der Waals surface area contributed by atoms with Crippen LogP contribution in [0.4, 0.5) is 5.82 Å². The molecule has 1 N–H and O–H groups in total. The monoisotopic (exact) mass is 286 g/mol. The summed E-state index contributed by atoms with van der Waals surface area (Å²) in [7, 11) is 0. The molecule has 2 aromatic heterocycles. The molecule has 2 heterocycles. The third-order valence-corrected chi connectivity index (χ3v) is 3.13. The lowest BCUT2D eigenvalue weighted by atomic mass is 10.1. The third kappa shape index (κ3) is 3.92. The molecule has 0 aromatic carbocycles. The van der Waals surface area contributed by atoms with Gasteiger partial charge in [0.1, 0.15) is 6.54 Å². The Morgan fingerprint density at radius 3 is 2.90 bits per heavy atom. The van der Waals surface area contributed by atoms with Crippen molar-refractivity contribution in [3.05, 3.63) is 29.7 Å². The number of nitrogens with one attached hydrogen (secondary N) is 1. The highest BCUT2D eigenvalue weighted by molar-refractivity contribution is 5.89. The molecule has 0 spiro atoms. The Morgan fingerprint density at radius 1 is 1.43 bits per heavy atom. The molecule has 0 aliphatic rings. The number of hydrogen-bond donors (Lipinski definition) is 1. The SMILES string of the molecule is CCn1cc(CCC(=O)Nc2ccn(CC#N)n2)c(C)n1. The summed E-state index contributed by atoms with van der Waals surface area (Å²) in [6.45, 7) is 4.97. The number of rotatable bonds is 6. The van der Waals surface area contributed by atoms with Crippen LogP contribution in [0.5, 0.6) is 0 Å². The second kappa shape index (κ2) is 6.70. The van der Waals surface area contributed by atoms with E-state index < -0.39 is 0 Å². The first-order valence-corrected chi connectivity index (χ1v) is 6.85. The largest absolute Gasteiger partial charge is 0.309 e. The van der Waals surface area contributed by atoms with Crippen LogP contribution in [0.25, 0.3) is 0 Å². The van der Waals surface area contributed by atoms with Gasteiger partial charge >= 0.3 is 0 Å². The summed E-state index contributed by atoms with van der Waals surface area (Å²) in [6, 6.07) is 3.67. The number of hydrogen-bond acceptors (Lipinski definition) is 4. The Hall–Kier alpha value is -2.62. The van der Waals surface area contributed by atoms with Crippen molar-refractivity contribution in [2.75, 3.05) is 5.32 Å². The molecule has 21 heavy (non-hydrogen) atoms. The number of aryl methyl sites for hydroxylation is 3. The van der Waals surface area contributed by atoms with Crippen molar-refractivity contribution in [3.8, 4) is 6.07 Å². The lowest BCUT2D eigenvalue weighted by molar-refractivity contribution is -0.116. The second-order valence-electron chi connectivity index (χ2n) is 4.70.